The third-order valence-electron chi connectivity index (χ3n) is 6.08. The summed E-state index contributed by atoms with van der Waals surface area (Å²) in [7, 11) is 4.62. The van der Waals surface area contributed by atoms with Crippen molar-refractivity contribution < 1.29 is 23.7 Å². The number of nitrogens with zero attached hydrogens (tertiary/aromatic N) is 4. The first-order chi connectivity index (χ1) is 18.0. The molecular formula is C27H32N4O5S. The highest BCUT2D eigenvalue weighted by molar-refractivity contribution is 7.99. The number of carbonyl (C=O) groups is 1. The standard InChI is InChI=1S/C27H32N4O5S/c1-6-7-8-11-16-37-27-28-25-22(29-30-27)18-12-9-10-13-20(18)31(17(2)32)26(36-25)19-14-15-21(33-3)24(35-5)23(19)34-4/h9-10,12-15,26H,6-8,11,16H2,1-5H3. The molecule has 196 valence electrons. The number of hydrogen-bond donors (Lipinski definition) is 0. The summed E-state index contributed by atoms with van der Waals surface area (Å²) in [6.07, 6.45) is 3.73. The molecule has 37 heavy (non-hydrogen) atoms. The van der Waals surface area contributed by atoms with E-state index in [2.05, 4.69) is 17.1 Å². The molecule has 10 heteroatoms. The summed E-state index contributed by atoms with van der Waals surface area (Å²) in [5.41, 5.74) is 2.38. The number of fused-ring (bicyclic) bond motifs is 3. The molecule has 0 saturated heterocycles. The maximum absolute atomic E-state index is 13.1. The van der Waals surface area contributed by atoms with Crippen molar-refractivity contribution in [1.29, 1.82) is 0 Å². The van der Waals surface area contributed by atoms with Crippen molar-refractivity contribution in [3.05, 3.63) is 42.0 Å². The van der Waals surface area contributed by atoms with Crippen LogP contribution in [-0.2, 0) is 4.79 Å². The molecule has 1 amide bonds. The summed E-state index contributed by atoms with van der Waals surface area (Å²) in [5.74, 6) is 2.26. The van der Waals surface area contributed by atoms with Crippen LogP contribution in [-0.4, -0.2) is 48.2 Å². The fourth-order valence-corrected chi connectivity index (χ4v) is 5.10. The van der Waals surface area contributed by atoms with Gasteiger partial charge in [0.1, 0.15) is 0 Å². The first-order valence-electron chi connectivity index (χ1n) is 12.3. The molecule has 0 N–H and O–H groups in total. The molecule has 0 radical (unpaired) electrons. The Bertz CT molecular complexity index is 1260. The fraction of sp³-hybridized carbons (Fsp3) is 0.407. The number of benzene rings is 2. The van der Waals surface area contributed by atoms with E-state index in [1.54, 1.807) is 35.9 Å². The SMILES string of the molecule is CCCCCCSc1nnc2c(n1)OC(c1ccc(OC)c(OC)c1OC)N(C(C)=O)c1ccccc1-2. The van der Waals surface area contributed by atoms with Crippen molar-refractivity contribution in [2.75, 3.05) is 32.0 Å². The molecule has 2 heterocycles. The van der Waals surface area contributed by atoms with E-state index in [9.17, 15) is 4.79 Å². The maximum atomic E-state index is 13.1. The number of hydrogen-bond acceptors (Lipinski definition) is 9. The largest absolute Gasteiger partial charge is 0.493 e. The molecule has 0 aliphatic carbocycles. The molecule has 3 aromatic rings. The summed E-state index contributed by atoms with van der Waals surface area (Å²) in [6, 6.07) is 11.0. The van der Waals surface area contributed by atoms with Gasteiger partial charge in [-0.15, -0.1) is 10.2 Å². The highest BCUT2D eigenvalue weighted by Gasteiger charge is 2.37. The van der Waals surface area contributed by atoms with Crippen molar-refractivity contribution in [2.45, 2.75) is 50.9 Å². The number of aromatic nitrogens is 3. The molecule has 0 spiro atoms. The second-order valence-electron chi connectivity index (χ2n) is 8.46. The highest BCUT2D eigenvalue weighted by atomic mass is 32.2. The summed E-state index contributed by atoms with van der Waals surface area (Å²) in [5, 5.41) is 9.38. The second-order valence-corrected chi connectivity index (χ2v) is 9.52. The van der Waals surface area contributed by atoms with Crippen LogP contribution in [0.15, 0.2) is 41.6 Å². The average Bonchev–Trinajstić information content (AvgIpc) is 3.06. The number of para-hydroxylation sites is 1. The van der Waals surface area contributed by atoms with Crippen LogP contribution in [0, 0.1) is 0 Å². The van der Waals surface area contributed by atoms with Gasteiger partial charge in [0.15, 0.2) is 17.2 Å². The molecule has 1 aromatic heterocycles. The smallest absolute Gasteiger partial charge is 0.247 e. The number of anilines is 1. The van der Waals surface area contributed by atoms with E-state index in [1.807, 2.05) is 24.3 Å². The lowest BCUT2D eigenvalue weighted by Crippen LogP contribution is -2.36. The average molecular weight is 525 g/mol. The molecule has 9 nitrogen and oxygen atoms in total. The van der Waals surface area contributed by atoms with Crippen LogP contribution in [0.1, 0.15) is 51.3 Å². The Morgan fingerprint density at radius 1 is 1.00 bits per heavy atom. The topological polar surface area (TPSA) is 95.9 Å². The molecule has 1 atom stereocenters. The van der Waals surface area contributed by atoms with Crippen LogP contribution in [0.2, 0.25) is 0 Å². The molecule has 2 aromatic carbocycles. The molecule has 1 aliphatic heterocycles. The van der Waals surface area contributed by atoms with Gasteiger partial charge in [0, 0.05) is 18.2 Å². The van der Waals surface area contributed by atoms with Gasteiger partial charge in [-0.1, -0.05) is 56.1 Å². The molecule has 0 bridgehead atoms. The van der Waals surface area contributed by atoms with Gasteiger partial charge in [0.05, 0.1) is 32.6 Å². The van der Waals surface area contributed by atoms with Crippen LogP contribution in [0.4, 0.5) is 5.69 Å². The maximum Gasteiger partial charge on any atom is 0.247 e. The summed E-state index contributed by atoms with van der Waals surface area (Å²) >= 11 is 1.55. The van der Waals surface area contributed by atoms with Gasteiger partial charge in [0.25, 0.3) is 0 Å². The Labute approximate surface area is 221 Å². The monoisotopic (exact) mass is 524 g/mol. The van der Waals surface area contributed by atoms with E-state index in [0.29, 0.717) is 50.8 Å². The van der Waals surface area contributed by atoms with E-state index in [1.165, 1.54) is 40.4 Å². The van der Waals surface area contributed by atoms with E-state index >= 15 is 0 Å². The minimum Gasteiger partial charge on any atom is -0.493 e. The van der Waals surface area contributed by atoms with Gasteiger partial charge in [0.2, 0.25) is 28.9 Å². The Kier molecular flexibility index (Phi) is 8.70. The number of rotatable bonds is 10. The lowest BCUT2D eigenvalue weighted by Gasteiger charge is -2.31. The van der Waals surface area contributed by atoms with Gasteiger partial charge in [-0.2, -0.15) is 4.98 Å². The van der Waals surface area contributed by atoms with Crippen molar-refractivity contribution >= 4 is 23.4 Å². The number of unbranched alkanes of at least 4 members (excludes halogenated alkanes) is 3. The van der Waals surface area contributed by atoms with Crippen LogP contribution >= 0.6 is 11.8 Å². The predicted octanol–water partition coefficient (Wildman–Crippen LogP) is 5.68. The Hall–Kier alpha value is -3.53. The predicted molar refractivity (Wildman–Crippen MR) is 143 cm³/mol. The van der Waals surface area contributed by atoms with Crippen molar-refractivity contribution in [3.63, 3.8) is 0 Å². The zero-order valence-electron chi connectivity index (χ0n) is 21.8. The lowest BCUT2D eigenvalue weighted by atomic mass is 10.1. The number of carbonyl (C=O) groups excluding carboxylic acids is 1. The van der Waals surface area contributed by atoms with Crippen LogP contribution in [0.5, 0.6) is 23.1 Å². The van der Waals surface area contributed by atoms with E-state index in [-0.39, 0.29) is 5.91 Å². The van der Waals surface area contributed by atoms with Gasteiger partial charge >= 0.3 is 0 Å². The fourth-order valence-electron chi connectivity index (χ4n) is 4.33. The number of methoxy groups -OCH3 is 3. The highest BCUT2D eigenvalue weighted by Crippen LogP contribution is 2.48. The van der Waals surface area contributed by atoms with Crippen molar-refractivity contribution in [1.82, 2.24) is 15.2 Å². The van der Waals surface area contributed by atoms with Gasteiger partial charge in [-0.25, -0.2) is 0 Å². The molecule has 1 unspecified atom stereocenters. The minimum atomic E-state index is -0.909. The first-order valence-corrected chi connectivity index (χ1v) is 13.2. The molecule has 0 saturated carbocycles. The molecule has 0 fully saturated rings. The molecule has 1 aliphatic rings. The van der Waals surface area contributed by atoms with E-state index in [4.69, 9.17) is 23.9 Å². The van der Waals surface area contributed by atoms with Gasteiger partial charge in [-0.3, -0.25) is 9.69 Å². The third-order valence-corrected chi connectivity index (χ3v) is 7.00. The van der Waals surface area contributed by atoms with E-state index in [0.717, 1.165) is 12.2 Å². The van der Waals surface area contributed by atoms with Crippen molar-refractivity contribution in [2.24, 2.45) is 0 Å². The van der Waals surface area contributed by atoms with Crippen LogP contribution in [0.3, 0.4) is 0 Å². The quantitative estimate of drug-likeness (QED) is 0.245. The Balaban J connectivity index is 1.83. The van der Waals surface area contributed by atoms with E-state index < -0.39 is 6.23 Å². The summed E-state index contributed by atoms with van der Waals surface area (Å²) < 4.78 is 23.3. The normalized spacial score (nSPS) is 14.2. The van der Waals surface area contributed by atoms with Gasteiger partial charge in [-0.05, 0) is 24.6 Å². The number of thioether (sulfide) groups is 1. The Morgan fingerprint density at radius 3 is 2.49 bits per heavy atom. The van der Waals surface area contributed by atoms with Crippen molar-refractivity contribution in [3.8, 4) is 34.4 Å². The zero-order valence-corrected chi connectivity index (χ0v) is 22.6. The summed E-state index contributed by atoms with van der Waals surface area (Å²) in [6.45, 7) is 3.68. The summed E-state index contributed by atoms with van der Waals surface area (Å²) in [4.78, 5) is 19.4. The molecule has 4 rings (SSSR count). The van der Waals surface area contributed by atoms with Gasteiger partial charge < -0.3 is 18.9 Å². The second kappa shape index (κ2) is 12.1. The zero-order chi connectivity index (χ0) is 26.4. The van der Waals surface area contributed by atoms with Crippen LogP contribution < -0.4 is 23.8 Å². The Morgan fingerprint density at radius 2 is 1.78 bits per heavy atom. The lowest BCUT2D eigenvalue weighted by molar-refractivity contribution is -0.118. The minimum absolute atomic E-state index is 0.222. The molecular weight excluding hydrogens is 492 g/mol. The van der Waals surface area contributed by atoms with Crippen LogP contribution in [0.25, 0.3) is 11.3 Å². The third kappa shape index (κ3) is 5.44. The first kappa shape index (κ1) is 26.5. The number of ether oxygens (including phenoxy) is 4. The number of amides is 1.